The minimum absolute atomic E-state index is 0.0893. The highest BCUT2D eigenvalue weighted by Crippen LogP contribution is 2.41. The molecule has 0 radical (unpaired) electrons. The van der Waals surface area contributed by atoms with Gasteiger partial charge in [-0.05, 0) is 36.5 Å². The third kappa shape index (κ3) is 4.83. The van der Waals surface area contributed by atoms with Gasteiger partial charge in [0, 0.05) is 41.0 Å². The van der Waals surface area contributed by atoms with Crippen LogP contribution in [0.2, 0.25) is 0 Å². The molecule has 2 aromatic heterocycles. The minimum Gasteiger partial charge on any atom is -0.347 e. The maximum atomic E-state index is 14.1. The molecule has 4 rings (SSSR count). The zero-order valence-corrected chi connectivity index (χ0v) is 19.0. The Morgan fingerprint density at radius 1 is 1.16 bits per heavy atom. The molecule has 1 aromatic carbocycles. The van der Waals surface area contributed by atoms with Gasteiger partial charge in [0.05, 0.1) is 10.9 Å². The number of hydrogen-bond donors (Lipinski definition) is 1. The Morgan fingerprint density at radius 2 is 1.88 bits per heavy atom. The molecule has 1 aliphatic rings. The maximum Gasteiger partial charge on any atom is 0.408 e. The van der Waals surface area contributed by atoms with Crippen LogP contribution in [-0.2, 0) is 16.6 Å². The van der Waals surface area contributed by atoms with Gasteiger partial charge >= 0.3 is 6.18 Å². The standard InChI is InChI=1S/C23H26F3N3O2S/c1-22(2,3)14-29-13-18(21(23(24,25)26)28-32(30,31)16-8-9-16)17-10-7-15(12-20(17)29)19-6-4-5-11-27-19/h4-7,10-13,16,21,28H,8-9,14H2,1-3H3. The van der Waals surface area contributed by atoms with E-state index in [1.165, 1.54) is 6.20 Å². The van der Waals surface area contributed by atoms with Crippen LogP contribution in [-0.4, -0.2) is 29.4 Å². The van der Waals surface area contributed by atoms with Crippen LogP contribution in [0.4, 0.5) is 13.2 Å². The van der Waals surface area contributed by atoms with E-state index in [9.17, 15) is 21.6 Å². The Morgan fingerprint density at radius 3 is 2.44 bits per heavy atom. The van der Waals surface area contributed by atoms with Gasteiger partial charge in [0.2, 0.25) is 10.0 Å². The van der Waals surface area contributed by atoms with E-state index >= 15 is 0 Å². The average molecular weight is 466 g/mol. The summed E-state index contributed by atoms with van der Waals surface area (Å²) < 4.78 is 70.8. The van der Waals surface area contributed by atoms with Crippen LogP contribution in [0.1, 0.15) is 45.2 Å². The van der Waals surface area contributed by atoms with Crippen molar-refractivity contribution in [2.24, 2.45) is 5.41 Å². The summed E-state index contributed by atoms with van der Waals surface area (Å²) in [4.78, 5) is 4.34. The summed E-state index contributed by atoms with van der Waals surface area (Å²) in [5, 5.41) is -0.374. The zero-order chi connectivity index (χ0) is 23.3. The average Bonchev–Trinajstić information content (AvgIpc) is 3.50. The number of rotatable bonds is 6. The third-order valence-corrected chi connectivity index (χ3v) is 7.32. The lowest BCUT2D eigenvalue weighted by Crippen LogP contribution is -2.39. The lowest BCUT2D eigenvalue weighted by Gasteiger charge is -2.22. The van der Waals surface area contributed by atoms with Crippen LogP contribution < -0.4 is 4.72 Å². The van der Waals surface area contributed by atoms with Crippen LogP contribution in [0.25, 0.3) is 22.2 Å². The van der Waals surface area contributed by atoms with Crippen molar-refractivity contribution in [1.29, 1.82) is 0 Å². The highest BCUT2D eigenvalue weighted by Gasteiger charge is 2.47. The molecule has 0 saturated heterocycles. The van der Waals surface area contributed by atoms with Crippen molar-refractivity contribution >= 4 is 20.9 Å². The Labute approximate surface area is 185 Å². The van der Waals surface area contributed by atoms with Crippen LogP contribution in [0.5, 0.6) is 0 Å². The van der Waals surface area contributed by atoms with E-state index in [4.69, 9.17) is 0 Å². The first-order valence-corrected chi connectivity index (χ1v) is 12.0. The number of nitrogens with one attached hydrogen (secondary N) is 1. The van der Waals surface area contributed by atoms with Crippen molar-refractivity contribution < 1.29 is 21.6 Å². The van der Waals surface area contributed by atoms with Gasteiger partial charge in [-0.2, -0.15) is 17.9 Å². The highest BCUT2D eigenvalue weighted by molar-refractivity contribution is 7.90. The van der Waals surface area contributed by atoms with Crippen LogP contribution in [0.3, 0.4) is 0 Å². The predicted molar refractivity (Wildman–Crippen MR) is 118 cm³/mol. The number of halogens is 3. The Bertz CT molecular complexity index is 1230. The summed E-state index contributed by atoms with van der Waals surface area (Å²) in [6.07, 6.45) is -0.905. The van der Waals surface area contributed by atoms with Crippen LogP contribution in [0.15, 0.2) is 48.8 Å². The molecular formula is C23H26F3N3O2S. The topological polar surface area (TPSA) is 64.0 Å². The molecule has 2 heterocycles. The predicted octanol–water partition coefficient (Wildman–Crippen LogP) is 5.43. The number of aromatic nitrogens is 2. The number of benzene rings is 1. The molecule has 1 unspecified atom stereocenters. The second-order valence-corrected chi connectivity index (χ2v) is 11.5. The molecule has 0 amide bonds. The molecule has 0 spiro atoms. The SMILES string of the molecule is CC(C)(C)Cn1cc(C(NS(=O)(=O)C2CC2)C(F)(F)F)c2ccc(-c3ccccn3)cc21. The number of sulfonamides is 1. The molecule has 1 N–H and O–H groups in total. The summed E-state index contributed by atoms with van der Waals surface area (Å²) in [5.74, 6) is 0. The first-order chi connectivity index (χ1) is 14.9. The molecule has 5 nitrogen and oxygen atoms in total. The molecule has 32 heavy (non-hydrogen) atoms. The molecule has 0 bridgehead atoms. The summed E-state index contributed by atoms with van der Waals surface area (Å²) in [6.45, 7) is 6.46. The van der Waals surface area contributed by atoms with E-state index in [0.717, 1.165) is 5.56 Å². The Balaban J connectivity index is 1.87. The molecule has 1 aliphatic carbocycles. The summed E-state index contributed by atoms with van der Waals surface area (Å²) in [6, 6.07) is 8.33. The van der Waals surface area contributed by atoms with E-state index in [1.54, 1.807) is 29.0 Å². The number of fused-ring (bicyclic) bond motifs is 1. The first kappa shape index (κ1) is 22.8. The quantitative estimate of drug-likeness (QED) is 0.528. The van der Waals surface area contributed by atoms with Gasteiger partial charge in [-0.25, -0.2) is 8.42 Å². The first-order valence-electron chi connectivity index (χ1n) is 10.5. The number of nitrogens with zero attached hydrogens (tertiary/aromatic N) is 2. The second kappa shape index (κ2) is 7.88. The molecular weight excluding hydrogens is 439 g/mol. The molecule has 172 valence electrons. The van der Waals surface area contributed by atoms with Crippen molar-refractivity contribution in [1.82, 2.24) is 14.3 Å². The summed E-state index contributed by atoms with van der Waals surface area (Å²) in [5.41, 5.74) is 1.80. The van der Waals surface area contributed by atoms with Gasteiger partial charge in [-0.1, -0.05) is 39.0 Å². The van der Waals surface area contributed by atoms with E-state index in [1.807, 2.05) is 43.7 Å². The van der Waals surface area contributed by atoms with Gasteiger partial charge < -0.3 is 4.57 Å². The highest BCUT2D eigenvalue weighted by atomic mass is 32.2. The van der Waals surface area contributed by atoms with E-state index in [-0.39, 0.29) is 11.0 Å². The lowest BCUT2D eigenvalue weighted by atomic mass is 9.97. The van der Waals surface area contributed by atoms with E-state index in [0.29, 0.717) is 36.0 Å². The van der Waals surface area contributed by atoms with Gasteiger partial charge in [0.1, 0.15) is 6.04 Å². The third-order valence-electron chi connectivity index (χ3n) is 5.40. The second-order valence-electron chi connectivity index (χ2n) is 9.56. The fourth-order valence-electron chi connectivity index (χ4n) is 3.83. The molecule has 1 saturated carbocycles. The van der Waals surface area contributed by atoms with Crippen molar-refractivity contribution in [2.45, 2.75) is 57.6 Å². The van der Waals surface area contributed by atoms with Gasteiger partial charge in [-0.3, -0.25) is 4.98 Å². The summed E-state index contributed by atoms with van der Waals surface area (Å²) >= 11 is 0. The van der Waals surface area contributed by atoms with Crippen molar-refractivity contribution in [2.75, 3.05) is 0 Å². The number of alkyl halides is 3. The lowest BCUT2D eigenvalue weighted by molar-refractivity contribution is -0.152. The van der Waals surface area contributed by atoms with Gasteiger partial charge in [0.25, 0.3) is 0 Å². The molecule has 1 fully saturated rings. The maximum absolute atomic E-state index is 14.1. The number of hydrogen-bond acceptors (Lipinski definition) is 3. The van der Waals surface area contributed by atoms with Crippen LogP contribution >= 0.6 is 0 Å². The van der Waals surface area contributed by atoms with E-state index < -0.39 is 27.5 Å². The summed E-state index contributed by atoms with van der Waals surface area (Å²) in [7, 11) is -4.05. The normalized spacial score (nSPS) is 16.4. The molecule has 0 aliphatic heterocycles. The monoisotopic (exact) mass is 465 g/mol. The Hall–Kier alpha value is -2.39. The largest absolute Gasteiger partial charge is 0.408 e. The number of pyridine rings is 1. The molecule has 1 atom stereocenters. The fraction of sp³-hybridized carbons (Fsp3) is 0.435. The van der Waals surface area contributed by atoms with Gasteiger partial charge in [-0.15, -0.1) is 0 Å². The van der Waals surface area contributed by atoms with Crippen LogP contribution in [0, 0.1) is 5.41 Å². The molecule has 3 aromatic rings. The van der Waals surface area contributed by atoms with Crippen molar-refractivity contribution in [3.8, 4) is 11.3 Å². The van der Waals surface area contributed by atoms with Crippen molar-refractivity contribution in [3.63, 3.8) is 0 Å². The minimum atomic E-state index is -4.78. The van der Waals surface area contributed by atoms with E-state index in [2.05, 4.69) is 4.98 Å². The molecule has 9 heteroatoms. The van der Waals surface area contributed by atoms with Gasteiger partial charge in [0.15, 0.2) is 0 Å². The Kier molecular flexibility index (Phi) is 5.61. The fourth-order valence-corrected chi connectivity index (χ4v) is 5.37. The smallest absolute Gasteiger partial charge is 0.347 e. The zero-order valence-electron chi connectivity index (χ0n) is 18.1. The van der Waals surface area contributed by atoms with Crippen molar-refractivity contribution in [3.05, 3.63) is 54.4 Å².